The highest BCUT2D eigenvalue weighted by molar-refractivity contribution is 6.02. The fourth-order valence-electron chi connectivity index (χ4n) is 2.61. The number of hydrogen-bond donors (Lipinski definition) is 1. The molecular formula is C15H15N3O. The van der Waals surface area contributed by atoms with Crippen LogP contribution in [0.2, 0.25) is 0 Å². The number of rotatable bonds is 1. The van der Waals surface area contributed by atoms with Gasteiger partial charge in [0.1, 0.15) is 0 Å². The molecule has 0 saturated carbocycles. The van der Waals surface area contributed by atoms with Crippen molar-refractivity contribution in [1.82, 2.24) is 9.88 Å². The van der Waals surface area contributed by atoms with Crippen molar-refractivity contribution in [2.24, 2.45) is 0 Å². The Hall–Kier alpha value is -2.36. The second kappa shape index (κ2) is 4.39. The first-order valence-corrected chi connectivity index (χ1v) is 6.23. The van der Waals surface area contributed by atoms with Crippen LogP contribution in [-0.4, -0.2) is 29.4 Å². The minimum atomic E-state index is -0.0136. The van der Waals surface area contributed by atoms with Crippen molar-refractivity contribution in [3.63, 3.8) is 0 Å². The van der Waals surface area contributed by atoms with Gasteiger partial charge in [0.05, 0.1) is 5.56 Å². The predicted octanol–water partition coefficient (Wildman–Crippen LogP) is 1.88. The molecule has 2 N–H and O–H groups in total. The quantitative estimate of drug-likeness (QED) is 0.789. The Morgan fingerprint density at radius 2 is 2.11 bits per heavy atom. The van der Waals surface area contributed by atoms with Crippen LogP contribution < -0.4 is 5.73 Å². The van der Waals surface area contributed by atoms with Crippen LogP contribution in [0.5, 0.6) is 0 Å². The lowest BCUT2D eigenvalue weighted by atomic mass is 9.86. The summed E-state index contributed by atoms with van der Waals surface area (Å²) in [5, 5.41) is 0. The Balaban J connectivity index is 2.17. The molecule has 1 unspecified atom stereocenters. The molecule has 4 heteroatoms. The highest BCUT2D eigenvalue weighted by Gasteiger charge is 2.32. The van der Waals surface area contributed by atoms with Crippen molar-refractivity contribution in [3.05, 3.63) is 59.4 Å². The summed E-state index contributed by atoms with van der Waals surface area (Å²) >= 11 is 0. The van der Waals surface area contributed by atoms with Crippen LogP contribution in [0.1, 0.15) is 27.5 Å². The fourth-order valence-corrected chi connectivity index (χ4v) is 2.61. The van der Waals surface area contributed by atoms with Gasteiger partial charge in [-0.05, 0) is 23.8 Å². The summed E-state index contributed by atoms with van der Waals surface area (Å²) in [4.78, 5) is 18.4. The molecule has 2 aromatic rings. The summed E-state index contributed by atoms with van der Waals surface area (Å²) in [7, 11) is 1.80. The van der Waals surface area contributed by atoms with Crippen molar-refractivity contribution in [2.45, 2.75) is 5.92 Å². The molecule has 19 heavy (non-hydrogen) atoms. The third-order valence-electron chi connectivity index (χ3n) is 3.57. The highest BCUT2D eigenvalue weighted by atomic mass is 16.2. The first kappa shape index (κ1) is 11.7. The molecule has 3 rings (SSSR count). The van der Waals surface area contributed by atoms with Crippen molar-refractivity contribution in [3.8, 4) is 0 Å². The van der Waals surface area contributed by atoms with Crippen LogP contribution in [0.3, 0.4) is 0 Å². The number of likely N-dealkylation sites (N-methyl/N-ethyl adjacent to an activating group) is 1. The molecular weight excluding hydrogens is 238 g/mol. The van der Waals surface area contributed by atoms with Crippen molar-refractivity contribution < 1.29 is 4.79 Å². The van der Waals surface area contributed by atoms with Gasteiger partial charge in [-0.2, -0.15) is 0 Å². The standard InChI is InChI=1S/C15H15N3O/c1-18-9-11(13-7-2-3-8-17-13)10-5-4-6-12(16)14(10)15(18)19/h2-8,11H,9,16H2,1H3. The van der Waals surface area contributed by atoms with Crippen molar-refractivity contribution in [2.75, 3.05) is 19.3 Å². The minimum Gasteiger partial charge on any atom is -0.398 e. The molecule has 1 aromatic heterocycles. The van der Waals surface area contributed by atoms with Gasteiger partial charge in [0.25, 0.3) is 5.91 Å². The van der Waals surface area contributed by atoms with Gasteiger partial charge in [0, 0.05) is 37.1 Å². The predicted molar refractivity (Wildman–Crippen MR) is 73.9 cm³/mol. The van der Waals surface area contributed by atoms with Gasteiger partial charge in [-0.15, -0.1) is 0 Å². The van der Waals surface area contributed by atoms with E-state index in [1.807, 2.05) is 30.3 Å². The van der Waals surface area contributed by atoms with Crippen LogP contribution in [0, 0.1) is 0 Å². The number of benzene rings is 1. The van der Waals surface area contributed by atoms with E-state index in [0.717, 1.165) is 11.3 Å². The van der Waals surface area contributed by atoms with Crippen LogP contribution in [-0.2, 0) is 0 Å². The normalized spacial score (nSPS) is 18.3. The molecule has 1 aromatic carbocycles. The van der Waals surface area contributed by atoms with Gasteiger partial charge in [-0.1, -0.05) is 18.2 Å². The molecule has 0 spiro atoms. The van der Waals surface area contributed by atoms with Gasteiger partial charge in [0.2, 0.25) is 0 Å². The average Bonchev–Trinajstić information content (AvgIpc) is 2.43. The summed E-state index contributed by atoms with van der Waals surface area (Å²) in [6.07, 6.45) is 1.78. The number of fused-ring (bicyclic) bond motifs is 1. The molecule has 1 aliphatic rings. The molecule has 0 fully saturated rings. The number of hydrogen-bond acceptors (Lipinski definition) is 3. The van der Waals surface area contributed by atoms with E-state index in [0.29, 0.717) is 17.8 Å². The molecule has 1 amide bonds. The Morgan fingerprint density at radius 3 is 2.84 bits per heavy atom. The SMILES string of the molecule is CN1CC(c2ccccn2)c2cccc(N)c2C1=O. The Morgan fingerprint density at radius 1 is 1.26 bits per heavy atom. The lowest BCUT2D eigenvalue weighted by Gasteiger charge is -2.32. The summed E-state index contributed by atoms with van der Waals surface area (Å²) in [6, 6.07) is 11.5. The van der Waals surface area contributed by atoms with Crippen LogP contribution in [0.4, 0.5) is 5.69 Å². The van der Waals surface area contributed by atoms with Gasteiger partial charge in [0.15, 0.2) is 0 Å². The number of carbonyl (C=O) groups excluding carboxylic acids is 1. The van der Waals surface area contributed by atoms with Gasteiger partial charge >= 0.3 is 0 Å². The number of nitrogen functional groups attached to an aromatic ring is 1. The van der Waals surface area contributed by atoms with Crippen LogP contribution >= 0.6 is 0 Å². The number of carbonyl (C=O) groups is 1. The van der Waals surface area contributed by atoms with Crippen molar-refractivity contribution in [1.29, 1.82) is 0 Å². The smallest absolute Gasteiger partial charge is 0.256 e. The zero-order valence-electron chi connectivity index (χ0n) is 10.7. The summed E-state index contributed by atoms with van der Waals surface area (Å²) in [5.74, 6) is 0.0719. The zero-order valence-corrected chi connectivity index (χ0v) is 10.7. The lowest BCUT2D eigenvalue weighted by Crippen LogP contribution is -2.38. The molecule has 0 aliphatic carbocycles. The molecule has 96 valence electrons. The molecule has 0 radical (unpaired) electrons. The van der Waals surface area contributed by atoms with E-state index in [-0.39, 0.29) is 11.8 Å². The Bertz CT molecular complexity index is 625. The molecule has 0 saturated heterocycles. The monoisotopic (exact) mass is 253 g/mol. The maximum Gasteiger partial charge on any atom is 0.256 e. The molecule has 1 atom stereocenters. The molecule has 4 nitrogen and oxygen atoms in total. The molecule has 1 aliphatic heterocycles. The van der Waals surface area contributed by atoms with Gasteiger partial charge in [-0.25, -0.2) is 0 Å². The van der Waals surface area contributed by atoms with E-state index in [1.165, 1.54) is 0 Å². The Kier molecular flexibility index (Phi) is 2.71. The molecule has 2 heterocycles. The summed E-state index contributed by atoms with van der Waals surface area (Å²) in [6.45, 7) is 0.631. The third kappa shape index (κ3) is 1.85. The largest absolute Gasteiger partial charge is 0.398 e. The molecule has 0 bridgehead atoms. The average molecular weight is 253 g/mol. The second-order valence-electron chi connectivity index (χ2n) is 4.80. The maximum absolute atomic E-state index is 12.2. The first-order valence-electron chi connectivity index (χ1n) is 6.23. The van der Waals surface area contributed by atoms with Crippen molar-refractivity contribution >= 4 is 11.6 Å². The summed E-state index contributed by atoms with van der Waals surface area (Å²) < 4.78 is 0. The first-order chi connectivity index (χ1) is 9.18. The number of pyridine rings is 1. The van der Waals surface area contributed by atoms with E-state index < -0.39 is 0 Å². The topological polar surface area (TPSA) is 59.2 Å². The van der Waals surface area contributed by atoms with E-state index in [9.17, 15) is 4.79 Å². The number of anilines is 1. The van der Waals surface area contributed by atoms with E-state index in [2.05, 4.69) is 4.98 Å². The third-order valence-corrected chi connectivity index (χ3v) is 3.57. The number of nitrogens with two attached hydrogens (primary N) is 1. The fraction of sp³-hybridized carbons (Fsp3) is 0.200. The van der Waals surface area contributed by atoms with Crippen LogP contribution in [0.25, 0.3) is 0 Å². The highest BCUT2D eigenvalue weighted by Crippen LogP contribution is 2.34. The number of aromatic nitrogens is 1. The number of nitrogens with zero attached hydrogens (tertiary/aromatic N) is 2. The van der Waals surface area contributed by atoms with Gasteiger partial charge < -0.3 is 10.6 Å². The van der Waals surface area contributed by atoms with E-state index in [4.69, 9.17) is 5.73 Å². The van der Waals surface area contributed by atoms with E-state index >= 15 is 0 Å². The lowest BCUT2D eigenvalue weighted by molar-refractivity contribution is 0.0772. The van der Waals surface area contributed by atoms with E-state index in [1.54, 1.807) is 24.2 Å². The number of amides is 1. The van der Waals surface area contributed by atoms with Crippen LogP contribution in [0.15, 0.2) is 42.6 Å². The van der Waals surface area contributed by atoms with Gasteiger partial charge in [-0.3, -0.25) is 9.78 Å². The Labute approximate surface area is 111 Å². The maximum atomic E-state index is 12.2. The zero-order chi connectivity index (χ0) is 13.4. The summed E-state index contributed by atoms with van der Waals surface area (Å²) in [5.41, 5.74) is 9.06. The minimum absolute atomic E-state index is 0.0136. The second-order valence-corrected chi connectivity index (χ2v) is 4.80.